The number of aromatic nitrogens is 4. The first-order valence-electron chi connectivity index (χ1n) is 8.86. The van der Waals surface area contributed by atoms with Crippen molar-refractivity contribution in [2.75, 3.05) is 5.75 Å². The highest BCUT2D eigenvalue weighted by atomic mass is 32.2. The highest BCUT2D eigenvalue weighted by Crippen LogP contribution is 2.34. The normalized spacial score (nSPS) is 19.8. The predicted octanol–water partition coefficient (Wildman–Crippen LogP) is 1.12. The van der Waals surface area contributed by atoms with Crippen LogP contribution < -0.4 is 5.32 Å². The van der Waals surface area contributed by atoms with Crippen molar-refractivity contribution in [3.63, 3.8) is 0 Å². The second-order valence-electron chi connectivity index (χ2n) is 7.01. The molecule has 0 spiro atoms. The van der Waals surface area contributed by atoms with Crippen LogP contribution in [0.4, 0.5) is 0 Å². The lowest BCUT2D eigenvalue weighted by molar-refractivity contribution is -0.119. The van der Waals surface area contributed by atoms with E-state index in [0.29, 0.717) is 5.82 Å². The maximum atomic E-state index is 12.4. The first kappa shape index (κ1) is 17.1. The van der Waals surface area contributed by atoms with Gasteiger partial charge in [0.05, 0.1) is 12.1 Å². The minimum Gasteiger partial charge on any atom is -0.348 e. The zero-order valence-corrected chi connectivity index (χ0v) is 15.2. The van der Waals surface area contributed by atoms with Crippen LogP contribution in [0.1, 0.15) is 54.7 Å². The molecule has 9 heteroatoms. The van der Waals surface area contributed by atoms with Gasteiger partial charge in [0.2, 0.25) is 5.91 Å². The molecule has 8 nitrogen and oxygen atoms in total. The summed E-state index contributed by atoms with van der Waals surface area (Å²) in [5, 5.41) is 14.1. The quantitative estimate of drug-likeness (QED) is 0.811. The number of nitrogens with one attached hydrogen (secondary N) is 1. The van der Waals surface area contributed by atoms with Crippen LogP contribution in [0, 0.1) is 0 Å². The average Bonchev–Trinajstić information content (AvgIpc) is 3.34. The Morgan fingerprint density at radius 2 is 2.04 bits per heavy atom. The number of carbonyl (C=O) groups excluding carboxylic acids is 1. The Kier molecular flexibility index (Phi) is 4.47. The van der Waals surface area contributed by atoms with E-state index in [1.165, 1.54) is 5.56 Å². The van der Waals surface area contributed by atoms with E-state index in [1.807, 2.05) is 18.2 Å². The second-order valence-corrected chi connectivity index (χ2v) is 9.08. The first-order valence-corrected chi connectivity index (χ1v) is 10.7. The van der Waals surface area contributed by atoms with Gasteiger partial charge in [0, 0.05) is 0 Å². The zero-order valence-electron chi connectivity index (χ0n) is 14.3. The number of hydrogen-bond donors (Lipinski definition) is 1. The molecule has 0 bridgehead atoms. The van der Waals surface area contributed by atoms with Gasteiger partial charge in [-0.3, -0.25) is 4.79 Å². The standard InChI is InChI=1S/C17H21N5O3S/c23-17(18-15-7-3-5-12-4-1-2-6-14(12)15)11-26(24,25)10-16-19-20-21-22(16)13-8-9-13/h1-2,4,6,13,15H,3,5,7-11H2,(H,18,23). The number of rotatable bonds is 6. The highest BCUT2D eigenvalue weighted by molar-refractivity contribution is 7.91. The van der Waals surface area contributed by atoms with E-state index in [0.717, 1.165) is 37.7 Å². The summed E-state index contributed by atoms with van der Waals surface area (Å²) in [5.74, 6) is -1.03. The number of hydrogen-bond acceptors (Lipinski definition) is 6. The summed E-state index contributed by atoms with van der Waals surface area (Å²) in [6.45, 7) is 0. The van der Waals surface area contributed by atoms with Crippen molar-refractivity contribution in [2.45, 2.75) is 49.9 Å². The lowest BCUT2D eigenvalue weighted by Gasteiger charge is -2.26. The fourth-order valence-corrected chi connectivity index (χ4v) is 4.67. The smallest absolute Gasteiger partial charge is 0.235 e. The van der Waals surface area contributed by atoms with Crippen LogP contribution in [0.3, 0.4) is 0 Å². The molecule has 1 heterocycles. The van der Waals surface area contributed by atoms with Gasteiger partial charge in [-0.15, -0.1) is 5.10 Å². The Morgan fingerprint density at radius 1 is 1.23 bits per heavy atom. The molecule has 1 N–H and O–H groups in total. The summed E-state index contributed by atoms with van der Waals surface area (Å²) in [4.78, 5) is 12.3. The van der Waals surface area contributed by atoms with Crippen LogP contribution in [0.15, 0.2) is 24.3 Å². The van der Waals surface area contributed by atoms with Gasteiger partial charge < -0.3 is 5.32 Å². The van der Waals surface area contributed by atoms with Crippen LogP contribution in [-0.2, 0) is 26.8 Å². The molecule has 2 aromatic rings. The number of carbonyl (C=O) groups is 1. The molecule has 1 saturated carbocycles. The second kappa shape index (κ2) is 6.79. The van der Waals surface area contributed by atoms with Gasteiger partial charge in [-0.05, 0) is 53.7 Å². The van der Waals surface area contributed by atoms with Crippen molar-refractivity contribution in [1.82, 2.24) is 25.5 Å². The van der Waals surface area contributed by atoms with Crippen LogP contribution in [-0.4, -0.2) is 40.3 Å². The third-order valence-electron chi connectivity index (χ3n) is 4.86. The van der Waals surface area contributed by atoms with Crippen molar-refractivity contribution in [2.24, 2.45) is 0 Å². The Balaban J connectivity index is 1.40. The van der Waals surface area contributed by atoms with Gasteiger partial charge in [-0.2, -0.15) is 0 Å². The molecular formula is C17H21N5O3S. The molecule has 1 atom stereocenters. The summed E-state index contributed by atoms with van der Waals surface area (Å²) in [6, 6.07) is 8.05. The fraction of sp³-hybridized carbons (Fsp3) is 0.529. The maximum absolute atomic E-state index is 12.4. The zero-order chi connectivity index (χ0) is 18.1. The Labute approximate surface area is 151 Å². The van der Waals surface area contributed by atoms with E-state index >= 15 is 0 Å². The van der Waals surface area contributed by atoms with Crippen molar-refractivity contribution < 1.29 is 13.2 Å². The predicted molar refractivity (Wildman–Crippen MR) is 93.8 cm³/mol. The van der Waals surface area contributed by atoms with Crippen LogP contribution in [0.2, 0.25) is 0 Å². The molecule has 1 unspecified atom stereocenters. The summed E-state index contributed by atoms with van der Waals surface area (Å²) in [5.41, 5.74) is 2.30. The van der Waals surface area contributed by atoms with Gasteiger partial charge >= 0.3 is 0 Å². The van der Waals surface area contributed by atoms with Crippen molar-refractivity contribution >= 4 is 15.7 Å². The fourth-order valence-electron chi connectivity index (χ4n) is 3.50. The van der Waals surface area contributed by atoms with E-state index in [-0.39, 0.29) is 17.8 Å². The molecule has 1 fully saturated rings. The molecule has 0 radical (unpaired) electrons. The van der Waals surface area contributed by atoms with Crippen molar-refractivity contribution in [3.05, 3.63) is 41.2 Å². The number of aryl methyl sites for hydroxylation is 1. The molecular weight excluding hydrogens is 354 g/mol. The van der Waals surface area contributed by atoms with E-state index < -0.39 is 21.5 Å². The largest absolute Gasteiger partial charge is 0.348 e. The Hall–Kier alpha value is -2.29. The van der Waals surface area contributed by atoms with E-state index in [4.69, 9.17) is 0 Å². The van der Waals surface area contributed by atoms with Gasteiger partial charge in [0.1, 0.15) is 11.5 Å². The van der Waals surface area contributed by atoms with Crippen molar-refractivity contribution in [3.8, 4) is 0 Å². The van der Waals surface area contributed by atoms with Gasteiger partial charge in [0.15, 0.2) is 15.7 Å². The van der Waals surface area contributed by atoms with E-state index in [1.54, 1.807) is 4.68 Å². The topological polar surface area (TPSA) is 107 Å². The summed E-state index contributed by atoms with van der Waals surface area (Å²) < 4.78 is 26.4. The molecule has 1 amide bonds. The summed E-state index contributed by atoms with van der Waals surface area (Å²) >= 11 is 0. The molecule has 2 aliphatic rings. The minimum atomic E-state index is -3.64. The third-order valence-corrected chi connectivity index (χ3v) is 6.26. The highest BCUT2D eigenvalue weighted by Gasteiger charge is 2.30. The number of sulfone groups is 1. The molecule has 26 heavy (non-hydrogen) atoms. The van der Waals surface area contributed by atoms with E-state index in [9.17, 15) is 13.2 Å². The SMILES string of the molecule is O=C(CS(=O)(=O)Cc1nnnn1C1CC1)NC1CCCc2ccccc21. The number of nitrogens with zero attached hydrogens (tertiary/aromatic N) is 4. The average molecular weight is 375 g/mol. The molecule has 0 aliphatic heterocycles. The lowest BCUT2D eigenvalue weighted by atomic mass is 9.88. The maximum Gasteiger partial charge on any atom is 0.235 e. The van der Waals surface area contributed by atoms with Crippen LogP contribution in [0.5, 0.6) is 0 Å². The number of benzene rings is 1. The minimum absolute atomic E-state index is 0.126. The molecule has 0 saturated heterocycles. The summed E-state index contributed by atoms with van der Waals surface area (Å²) in [6.07, 6.45) is 4.71. The third kappa shape index (κ3) is 3.77. The van der Waals surface area contributed by atoms with Crippen LogP contribution in [0.25, 0.3) is 0 Å². The van der Waals surface area contributed by atoms with Crippen LogP contribution >= 0.6 is 0 Å². The lowest BCUT2D eigenvalue weighted by Crippen LogP contribution is -2.35. The van der Waals surface area contributed by atoms with Gasteiger partial charge in [-0.25, -0.2) is 13.1 Å². The Bertz CT molecular complexity index is 920. The monoisotopic (exact) mass is 375 g/mol. The molecule has 2 aliphatic carbocycles. The molecule has 138 valence electrons. The number of fused-ring (bicyclic) bond motifs is 1. The van der Waals surface area contributed by atoms with Gasteiger partial charge in [0.25, 0.3) is 0 Å². The van der Waals surface area contributed by atoms with E-state index in [2.05, 4.69) is 26.9 Å². The summed E-state index contributed by atoms with van der Waals surface area (Å²) in [7, 11) is -3.64. The molecule has 1 aromatic heterocycles. The first-order chi connectivity index (χ1) is 12.5. The molecule has 1 aromatic carbocycles. The van der Waals surface area contributed by atoms with Gasteiger partial charge in [-0.1, -0.05) is 24.3 Å². The van der Waals surface area contributed by atoms with Crippen molar-refractivity contribution in [1.29, 1.82) is 0 Å². The number of tetrazole rings is 1. The Morgan fingerprint density at radius 3 is 2.85 bits per heavy atom. The molecule has 4 rings (SSSR count). The number of amides is 1.